The van der Waals surface area contributed by atoms with E-state index in [2.05, 4.69) is 46.8 Å². The third kappa shape index (κ3) is 8.67. The van der Waals surface area contributed by atoms with Crippen LogP contribution in [0.1, 0.15) is 13.8 Å². The lowest BCUT2D eigenvalue weighted by Gasteiger charge is -1.64. The van der Waals surface area contributed by atoms with Gasteiger partial charge in [-0.2, -0.15) is 0 Å². The van der Waals surface area contributed by atoms with E-state index in [0.29, 0.717) is 8.58 Å². The average Bonchev–Trinajstić information content (AvgIpc) is 2.03. The van der Waals surface area contributed by atoms with Crippen molar-refractivity contribution in [2.24, 2.45) is 0 Å². The zero-order valence-electron chi connectivity index (χ0n) is 6.50. The lowest BCUT2D eigenvalue weighted by molar-refractivity contribution is 1.92. The van der Waals surface area contributed by atoms with Gasteiger partial charge >= 0.3 is 0 Å². The van der Waals surface area contributed by atoms with Gasteiger partial charge in [-0.1, -0.05) is 23.2 Å². The Labute approximate surface area is 69.9 Å². The number of rotatable bonds is 0. The Hall–Kier alpha value is -1.33. The minimum atomic E-state index is 0.325. The molecule has 0 aliphatic rings. The van der Waals surface area contributed by atoms with Crippen molar-refractivity contribution in [3.8, 4) is 46.8 Å². The molecule has 1 heteroatoms. The molecular formula is C10H7P. The molecule has 0 saturated heterocycles. The largest absolute Gasteiger partial charge is 0.0925 e. The van der Waals surface area contributed by atoms with Gasteiger partial charge in [-0.05, 0) is 37.5 Å². The fourth-order valence-electron chi connectivity index (χ4n) is 0.281. The maximum Gasteiger partial charge on any atom is 0.0381 e. The first-order chi connectivity index (χ1) is 5.41. The second-order valence-electron chi connectivity index (χ2n) is 1.38. The summed E-state index contributed by atoms with van der Waals surface area (Å²) in [6.45, 7) is 3.51. The van der Waals surface area contributed by atoms with Gasteiger partial charge in [0.05, 0.1) is 0 Å². The standard InChI is InChI=1S/C10H7P/c1-3-5-7-9-11-10-8-6-4-2/h11H,1-2H3. The van der Waals surface area contributed by atoms with Gasteiger partial charge < -0.3 is 0 Å². The van der Waals surface area contributed by atoms with Gasteiger partial charge in [-0.3, -0.25) is 0 Å². The normalized spacial score (nSPS) is 4.55. The highest BCUT2D eigenvalue weighted by atomic mass is 31.1. The quantitative estimate of drug-likeness (QED) is 0.371. The molecule has 0 aliphatic carbocycles. The van der Waals surface area contributed by atoms with Crippen LogP contribution in [0.15, 0.2) is 0 Å². The summed E-state index contributed by atoms with van der Waals surface area (Å²) in [7, 11) is 0.325. The Bertz CT molecular complexity index is 297. The SMILES string of the molecule is CC#CC#CPC#CC#CC. The first-order valence-electron chi connectivity index (χ1n) is 3.00. The molecule has 0 bridgehead atoms. The van der Waals surface area contributed by atoms with Gasteiger partial charge in [-0.15, -0.1) is 0 Å². The van der Waals surface area contributed by atoms with Crippen LogP contribution in [0, 0.1) is 46.8 Å². The topological polar surface area (TPSA) is 0 Å². The summed E-state index contributed by atoms with van der Waals surface area (Å²) < 4.78 is 0. The van der Waals surface area contributed by atoms with Gasteiger partial charge in [0.2, 0.25) is 0 Å². The Morgan fingerprint density at radius 1 is 0.727 bits per heavy atom. The van der Waals surface area contributed by atoms with E-state index in [0.717, 1.165) is 0 Å². The van der Waals surface area contributed by atoms with Crippen LogP contribution >= 0.6 is 8.58 Å². The van der Waals surface area contributed by atoms with Crippen LogP contribution in [0.2, 0.25) is 0 Å². The van der Waals surface area contributed by atoms with Crippen molar-refractivity contribution in [2.45, 2.75) is 13.8 Å². The van der Waals surface area contributed by atoms with E-state index < -0.39 is 0 Å². The first kappa shape index (κ1) is 9.67. The highest BCUT2D eigenvalue weighted by molar-refractivity contribution is 7.49. The monoisotopic (exact) mass is 158 g/mol. The molecule has 0 rings (SSSR count). The summed E-state index contributed by atoms with van der Waals surface area (Å²) in [4.78, 5) is 0. The highest BCUT2D eigenvalue weighted by Gasteiger charge is 1.61. The molecule has 11 heavy (non-hydrogen) atoms. The average molecular weight is 158 g/mol. The van der Waals surface area contributed by atoms with Gasteiger partial charge in [0.25, 0.3) is 0 Å². The molecule has 0 radical (unpaired) electrons. The summed E-state index contributed by atoms with van der Waals surface area (Å²) in [5.74, 6) is 15.9. The fourth-order valence-corrected chi connectivity index (χ4v) is 0.594. The van der Waals surface area contributed by atoms with E-state index in [1.807, 2.05) is 0 Å². The second kappa shape index (κ2) is 8.67. The molecule has 0 aromatic rings. The molecule has 52 valence electrons. The van der Waals surface area contributed by atoms with E-state index in [-0.39, 0.29) is 0 Å². The predicted molar refractivity (Wildman–Crippen MR) is 50.8 cm³/mol. The minimum Gasteiger partial charge on any atom is -0.0925 e. The van der Waals surface area contributed by atoms with Gasteiger partial charge in [0.15, 0.2) is 0 Å². The summed E-state index contributed by atoms with van der Waals surface area (Å²) in [5, 5.41) is 0. The Balaban J connectivity index is 3.72. The predicted octanol–water partition coefficient (Wildman–Crippen LogP) is 1.63. The van der Waals surface area contributed by atoms with Gasteiger partial charge in [0, 0.05) is 8.58 Å². The minimum absolute atomic E-state index is 0.325. The molecule has 0 heterocycles. The van der Waals surface area contributed by atoms with Crippen molar-refractivity contribution in [1.82, 2.24) is 0 Å². The van der Waals surface area contributed by atoms with Crippen LogP contribution < -0.4 is 0 Å². The Morgan fingerprint density at radius 2 is 1.18 bits per heavy atom. The molecule has 0 aliphatic heterocycles. The number of hydrogen-bond acceptors (Lipinski definition) is 0. The molecule has 0 aromatic heterocycles. The zero-order chi connectivity index (χ0) is 8.36. The van der Waals surface area contributed by atoms with Crippen LogP contribution in [0.3, 0.4) is 0 Å². The van der Waals surface area contributed by atoms with E-state index in [1.165, 1.54) is 0 Å². The molecule has 0 spiro atoms. The summed E-state index contributed by atoms with van der Waals surface area (Å²) >= 11 is 0. The molecule has 0 aromatic carbocycles. The highest BCUT2D eigenvalue weighted by Crippen LogP contribution is 2.00. The maximum absolute atomic E-state index is 2.81. The van der Waals surface area contributed by atoms with Crippen molar-refractivity contribution in [2.75, 3.05) is 0 Å². The summed E-state index contributed by atoms with van der Waals surface area (Å²) in [6.07, 6.45) is 0. The third-order valence-electron chi connectivity index (χ3n) is 0.625. The smallest absolute Gasteiger partial charge is 0.0381 e. The van der Waals surface area contributed by atoms with Crippen LogP contribution in [0.5, 0.6) is 0 Å². The van der Waals surface area contributed by atoms with E-state index in [1.54, 1.807) is 13.8 Å². The van der Waals surface area contributed by atoms with Crippen LogP contribution in [-0.4, -0.2) is 0 Å². The van der Waals surface area contributed by atoms with E-state index in [9.17, 15) is 0 Å². The molecule has 0 saturated carbocycles. The lowest BCUT2D eigenvalue weighted by Crippen LogP contribution is -1.47. The molecule has 0 N–H and O–H groups in total. The van der Waals surface area contributed by atoms with E-state index >= 15 is 0 Å². The Morgan fingerprint density at radius 3 is 1.55 bits per heavy atom. The van der Waals surface area contributed by atoms with Crippen LogP contribution in [0.4, 0.5) is 0 Å². The summed E-state index contributed by atoms with van der Waals surface area (Å²) in [5.41, 5.74) is 5.62. The summed E-state index contributed by atoms with van der Waals surface area (Å²) in [6, 6.07) is 0. The van der Waals surface area contributed by atoms with Gasteiger partial charge in [-0.25, -0.2) is 0 Å². The zero-order valence-corrected chi connectivity index (χ0v) is 7.50. The molecule has 0 amide bonds. The lowest BCUT2D eigenvalue weighted by atomic mass is 10.6. The number of hydrogen-bond donors (Lipinski definition) is 0. The molecule has 0 fully saturated rings. The second-order valence-corrected chi connectivity index (χ2v) is 2.12. The van der Waals surface area contributed by atoms with E-state index in [4.69, 9.17) is 0 Å². The van der Waals surface area contributed by atoms with Crippen molar-refractivity contribution in [1.29, 1.82) is 0 Å². The molecule has 0 unspecified atom stereocenters. The van der Waals surface area contributed by atoms with Crippen LogP contribution in [0.25, 0.3) is 0 Å². The first-order valence-corrected chi connectivity index (χ1v) is 4.00. The van der Waals surface area contributed by atoms with Crippen molar-refractivity contribution in [3.63, 3.8) is 0 Å². The van der Waals surface area contributed by atoms with Crippen molar-refractivity contribution >= 4 is 8.58 Å². The fraction of sp³-hybridized carbons (Fsp3) is 0.200. The molecule has 0 nitrogen and oxygen atoms in total. The molecular weight excluding hydrogens is 151 g/mol. The third-order valence-corrected chi connectivity index (χ3v) is 1.12. The Kier molecular flexibility index (Phi) is 7.62. The van der Waals surface area contributed by atoms with Crippen LogP contribution in [-0.2, 0) is 0 Å². The van der Waals surface area contributed by atoms with Crippen molar-refractivity contribution < 1.29 is 0 Å². The van der Waals surface area contributed by atoms with Gasteiger partial charge in [0.1, 0.15) is 0 Å². The van der Waals surface area contributed by atoms with Crippen molar-refractivity contribution in [3.05, 3.63) is 0 Å². The maximum atomic E-state index is 2.81. The molecule has 0 atom stereocenters.